The zero-order valence-corrected chi connectivity index (χ0v) is 4.29. The van der Waals surface area contributed by atoms with E-state index in [-0.39, 0.29) is 5.88 Å². The molecule has 0 atom stereocenters. The first kappa shape index (κ1) is 4.89. The Hall–Kier alpha value is -1.26. The van der Waals surface area contributed by atoms with Gasteiger partial charge in [0.1, 0.15) is 0 Å². The molecule has 5 nitrogen and oxygen atoms in total. The summed E-state index contributed by atoms with van der Waals surface area (Å²) < 4.78 is 4.27. The van der Waals surface area contributed by atoms with Gasteiger partial charge in [-0.1, -0.05) is 0 Å². The molecule has 0 spiro atoms. The van der Waals surface area contributed by atoms with E-state index in [0.717, 1.165) is 0 Å². The van der Waals surface area contributed by atoms with Gasteiger partial charge in [-0.3, -0.25) is 4.52 Å². The van der Waals surface area contributed by atoms with Gasteiger partial charge >= 0.3 is 0 Å². The van der Waals surface area contributed by atoms with Crippen LogP contribution in [0.3, 0.4) is 0 Å². The van der Waals surface area contributed by atoms with Crippen LogP contribution < -0.4 is 10.6 Å². The maximum atomic E-state index is 10.3. The van der Waals surface area contributed by atoms with Crippen molar-refractivity contribution in [2.45, 2.75) is 6.92 Å². The van der Waals surface area contributed by atoms with Crippen LogP contribution in [0.1, 0.15) is 5.69 Å². The number of nitrogen functional groups attached to an aromatic ring is 1. The van der Waals surface area contributed by atoms with Gasteiger partial charge in [-0.25, -0.2) is 0 Å². The maximum absolute atomic E-state index is 10.3. The Balaban J connectivity index is 3.19. The molecule has 0 radical (unpaired) electrons. The van der Waals surface area contributed by atoms with E-state index < -0.39 is 0 Å². The van der Waals surface area contributed by atoms with Crippen molar-refractivity contribution in [3.8, 4) is 0 Å². The van der Waals surface area contributed by atoms with E-state index in [1.165, 1.54) is 6.92 Å². The van der Waals surface area contributed by atoms with E-state index in [2.05, 4.69) is 9.79 Å². The number of hydrogen-bond acceptors (Lipinski definition) is 4. The standard InChI is InChI=1S/C3H5N3O2/c1-2-3(4)8-5-6(2)7/h4H2,1H3. The van der Waals surface area contributed by atoms with Gasteiger partial charge in [0.05, 0.1) is 0 Å². The summed E-state index contributed by atoms with van der Waals surface area (Å²) in [5, 5.41) is 13.2. The van der Waals surface area contributed by atoms with Crippen LogP contribution in [-0.4, -0.2) is 5.27 Å². The maximum Gasteiger partial charge on any atom is 0.297 e. The Morgan fingerprint density at radius 1 is 1.88 bits per heavy atom. The van der Waals surface area contributed by atoms with Crippen molar-refractivity contribution >= 4 is 5.88 Å². The van der Waals surface area contributed by atoms with E-state index >= 15 is 0 Å². The third kappa shape index (κ3) is 0.481. The van der Waals surface area contributed by atoms with Crippen molar-refractivity contribution in [2.75, 3.05) is 5.73 Å². The molecule has 1 aromatic heterocycles. The SMILES string of the molecule is Cc1c(N)on[n+]1[O-]. The topological polar surface area (TPSA) is 79.0 Å². The molecule has 0 saturated heterocycles. The normalized spacial score (nSPS) is 9.62. The summed E-state index contributed by atoms with van der Waals surface area (Å²) in [5.74, 6) is 0.0694. The van der Waals surface area contributed by atoms with Crippen molar-refractivity contribution in [1.29, 1.82) is 0 Å². The average Bonchev–Trinajstić information content (AvgIpc) is 1.98. The lowest BCUT2D eigenvalue weighted by Crippen LogP contribution is -2.30. The lowest BCUT2D eigenvalue weighted by molar-refractivity contribution is -0.685. The minimum Gasteiger partial charge on any atom is -0.592 e. The predicted molar refractivity (Wildman–Crippen MR) is 24.6 cm³/mol. The monoisotopic (exact) mass is 115 g/mol. The average molecular weight is 115 g/mol. The lowest BCUT2D eigenvalue weighted by Gasteiger charge is -1.80. The Morgan fingerprint density at radius 2 is 2.50 bits per heavy atom. The second kappa shape index (κ2) is 1.36. The number of rotatable bonds is 0. The lowest BCUT2D eigenvalue weighted by atomic mass is 10.5. The first-order chi connectivity index (χ1) is 3.72. The molecule has 1 rings (SSSR count). The smallest absolute Gasteiger partial charge is 0.297 e. The minimum absolute atomic E-state index is 0.0694. The Kier molecular flexibility index (Phi) is 0.831. The Morgan fingerprint density at radius 3 is 2.62 bits per heavy atom. The Bertz CT molecular complexity index is 175. The van der Waals surface area contributed by atoms with Crippen molar-refractivity contribution in [3.05, 3.63) is 10.9 Å². The molecule has 0 aliphatic carbocycles. The molecular formula is C3H5N3O2. The number of anilines is 1. The third-order valence-electron chi connectivity index (χ3n) is 0.857. The fourth-order valence-corrected chi connectivity index (χ4v) is 0.303. The van der Waals surface area contributed by atoms with Crippen LogP contribution in [0.25, 0.3) is 0 Å². The van der Waals surface area contributed by atoms with Gasteiger partial charge in [-0.05, 0) is 4.85 Å². The third-order valence-corrected chi connectivity index (χ3v) is 0.857. The second-order valence-corrected chi connectivity index (χ2v) is 1.40. The highest BCUT2D eigenvalue weighted by molar-refractivity contribution is 5.22. The van der Waals surface area contributed by atoms with Crippen LogP contribution in [0.5, 0.6) is 0 Å². The molecule has 44 valence electrons. The van der Waals surface area contributed by atoms with Crippen LogP contribution in [0.2, 0.25) is 0 Å². The van der Waals surface area contributed by atoms with Gasteiger partial charge in [0.15, 0.2) is 0 Å². The van der Waals surface area contributed by atoms with Gasteiger partial charge in [0, 0.05) is 6.92 Å². The van der Waals surface area contributed by atoms with Crippen molar-refractivity contribution < 1.29 is 9.37 Å². The molecular weight excluding hydrogens is 110 g/mol. The molecule has 0 amide bonds. The number of aromatic nitrogens is 2. The molecule has 0 aromatic carbocycles. The summed E-state index contributed by atoms with van der Waals surface area (Å²) in [6.45, 7) is 1.53. The highest BCUT2D eigenvalue weighted by Crippen LogP contribution is 1.99. The molecule has 0 unspecified atom stereocenters. The first-order valence-electron chi connectivity index (χ1n) is 2.03. The highest BCUT2D eigenvalue weighted by atomic mass is 16.6. The van der Waals surface area contributed by atoms with Gasteiger partial charge in [-0.15, -0.1) is 0 Å². The van der Waals surface area contributed by atoms with E-state index in [9.17, 15) is 5.21 Å². The van der Waals surface area contributed by atoms with Gasteiger partial charge in [-0.2, -0.15) is 0 Å². The summed E-state index contributed by atoms with van der Waals surface area (Å²) in [7, 11) is 0. The van der Waals surface area contributed by atoms with Crippen molar-refractivity contribution in [1.82, 2.24) is 5.27 Å². The number of nitrogens with two attached hydrogens (primary N) is 1. The summed E-state index contributed by atoms with van der Waals surface area (Å²) in [4.78, 5) is 0.329. The molecule has 0 fully saturated rings. The zero-order valence-electron chi connectivity index (χ0n) is 4.29. The molecule has 0 aliphatic rings. The molecule has 0 bridgehead atoms. The summed E-state index contributed by atoms with van der Waals surface area (Å²) in [5.41, 5.74) is 5.39. The number of nitrogens with zero attached hydrogens (tertiary/aromatic N) is 2. The zero-order chi connectivity index (χ0) is 6.15. The second-order valence-electron chi connectivity index (χ2n) is 1.40. The van der Waals surface area contributed by atoms with Gasteiger partial charge in [0.2, 0.25) is 5.27 Å². The number of hydrogen-bond donors (Lipinski definition) is 1. The summed E-state index contributed by atoms with van der Waals surface area (Å²) >= 11 is 0. The fourth-order valence-electron chi connectivity index (χ4n) is 0.303. The van der Waals surface area contributed by atoms with Crippen LogP contribution in [0, 0.1) is 12.1 Å². The largest absolute Gasteiger partial charge is 0.592 e. The van der Waals surface area contributed by atoms with Gasteiger partial charge in [0.25, 0.3) is 11.6 Å². The van der Waals surface area contributed by atoms with Crippen LogP contribution in [-0.2, 0) is 0 Å². The molecule has 5 heteroatoms. The van der Waals surface area contributed by atoms with Crippen LogP contribution in [0.4, 0.5) is 5.88 Å². The molecule has 0 saturated carbocycles. The molecule has 8 heavy (non-hydrogen) atoms. The van der Waals surface area contributed by atoms with E-state index in [4.69, 9.17) is 5.73 Å². The molecule has 0 aliphatic heterocycles. The first-order valence-corrected chi connectivity index (χ1v) is 2.03. The van der Waals surface area contributed by atoms with Crippen LogP contribution >= 0.6 is 0 Å². The quantitative estimate of drug-likeness (QED) is 0.354. The van der Waals surface area contributed by atoms with E-state index in [0.29, 0.717) is 10.5 Å². The van der Waals surface area contributed by atoms with Crippen molar-refractivity contribution in [2.24, 2.45) is 0 Å². The van der Waals surface area contributed by atoms with E-state index in [1.807, 2.05) is 0 Å². The minimum atomic E-state index is 0.0694. The summed E-state index contributed by atoms with van der Waals surface area (Å²) in [6, 6.07) is 0. The predicted octanol–water partition coefficient (Wildman–Crippen LogP) is -0.801. The van der Waals surface area contributed by atoms with E-state index in [1.54, 1.807) is 0 Å². The van der Waals surface area contributed by atoms with Crippen molar-refractivity contribution in [3.63, 3.8) is 0 Å². The Labute approximate surface area is 45.2 Å². The van der Waals surface area contributed by atoms with Gasteiger partial charge < -0.3 is 10.9 Å². The fraction of sp³-hybridized carbons (Fsp3) is 0.333. The molecule has 1 heterocycles. The van der Waals surface area contributed by atoms with Crippen LogP contribution in [0.15, 0.2) is 4.52 Å². The molecule has 2 N–H and O–H groups in total. The summed E-state index contributed by atoms with van der Waals surface area (Å²) in [6.07, 6.45) is 0. The molecule has 1 aromatic rings. The highest BCUT2D eigenvalue weighted by Gasteiger charge is 2.09.